The van der Waals surface area contributed by atoms with Crippen LogP contribution in [0.1, 0.15) is 36.4 Å². The maximum Gasteiger partial charge on any atom is 0.407 e. The highest BCUT2D eigenvalue weighted by molar-refractivity contribution is 7.28. The van der Waals surface area contributed by atoms with Crippen LogP contribution >= 0.6 is 45.3 Å². The fourth-order valence-electron chi connectivity index (χ4n) is 5.41. The zero-order chi connectivity index (χ0) is 28.8. The molecule has 0 bridgehead atoms. The standard InChI is InChI=1S/C32H28N2O4S4/c1-3-11-33-31(35)37-15-17-13-19-21(39-17)5-7-23-27(19)29-25(41-23)9-10-26-30(29)28-20-14-18(16-38-32(36)34-12-4-2)40-22(20)6-8-24(28)42-26/h5-10,13-14H,3-4,11-12,15-16H2,1-2H3,(H,33,35)(H,34,36). The summed E-state index contributed by atoms with van der Waals surface area (Å²) in [6.07, 6.45) is 0.988. The molecule has 0 radical (unpaired) electrons. The number of amides is 2. The van der Waals surface area contributed by atoms with Crippen molar-refractivity contribution in [3.05, 3.63) is 58.3 Å². The summed E-state index contributed by atoms with van der Waals surface area (Å²) in [4.78, 5) is 26.2. The van der Waals surface area contributed by atoms with E-state index in [2.05, 4.69) is 59.2 Å². The van der Waals surface area contributed by atoms with Crippen LogP contribution in [0.2, 0.25) is 0 Å². The van der Waals surface area contributed by atoms with Gasteiger partial charge in [0.15, 0.2) is 0 Å². The molecule has 4 heterocycles. The van der Waals surface area contributed by atoms with Gasteiger partial charge in [0.25, 0.3) is 0 Å². The Kier molecular flexibility index (Phi) is 7.39. The molecule has 6 nitrogen and oxygen atoms in total. The molecule has 0 aliphatic carbocycles. The molecular weight excluding hydrogens is 605 g/mol. The van der Waals surface area contributed by atoms with Crippen molar-refractivity contribution in [2.75, 3.05) is 13.1 Å². The third-order valence-corrected chi connectivity index (χ3v) is 11.6. The zero-order valence-corrected chi connectivity index (χ0v) is 26.4. The number of thiophene rings is 4. The van der Waals surface area contributed by atoms with Crippen molar-refractivity contribution in [1.29, 1.82) is 0 Å². The van der Waals surface area contributed by atoms with Crippen LogP contribution in [0.3, 0.4) is 0 Å². The van der Waals surface area contributed by atoms with E-state index >= 15 is 0 Å². The highest BCUT2D eigenvalue weighted by atomic mass is 32.1. The topological polar surface area (TPSA) is 76.7 Å². The van der Waals surface area contributed by atoms with E-state index in [1.165, 1.54) is 60.5 Å². The number of rotatable bonds is 8. The maximum atomic E-state index is 12.0. The van der Waals surface area contributed by atoms with Gasteiger partial charge >= 0.3 is 12.2 Å². The molecule has 0 aliphatic heterocycles. The first-order valence-electron chi connectivity index (χ1n) is 14.0. The highest BCUT2D eigenvalue weighted by Gasteiger charge is 2.19. The molecule has 7 rings (SSSR count). The summed E-state index contributed by atoms with van der Waals surface area (Å²) >= 11 is 6.99. The van der Waals surface area contributed by atoms with Gasteiger partial charge in [0, 0.05) is 83.4 Å². The number of benzene rings is 3. The predicted molar refractivity (Wildman–Crippen MR) is 180 cm³/mol. The van der Waals surface area contributed by atoms with Crippen LogP contribution in [-0.4, -0.2) is 25.3 Å². The molecule has 214 valence electrons. The SMILES string of the molecule is CCCNC(=O)OCc1cc2c(ccc3sc4ccc5sc6ccc7sc(COC(=O)NCCC)cc7c6c5c4c32)s1. The van der Waals surface area contributed by atoms with E-state index in [1.807, 2.05) is 36.5 Å². The van der Waals surface area contributed by atoms with Crippen LogP contribution in [0.4, 0.5) is 9.59 Å². The largest absolute Gasteiger partial charge is 0.444 e. The van der Waals surface area contributed by atoms with Gasteiger partial charge in [-0.25, -0.2) is 9.59 Å². The van der Waals surface area contributed by atoms with Crippen LogP contribution in [0.25, 0.3) is 60.5 Å². The van der Waals surface area contributed by atoms with Crippen LogP contribution in [0.15, 0.2) is 48.5 Å². The normalized spacial score (nSPS) is 11.9. The van der Waals surface area contributed by atoms with E-state index in [0.29, 0.717) is 13.1 Å². The minimum absolute atomic E-state index is 0.256. The Balaban J connectivity index is 1.36. The molecule has 0 aliphatic rings. The molecule has 4 aromatic heterocycles. The number of nitrogens with one attached hydrogen (secondary N) is 2. The minimum Gasteiger partial charge on any atom is -0.444 e. The predicted octanol–water partition coefficient (Wildman–Crippen LogP) is 10.1. The molecular formula is C32H28N2O4S4. The second-order valence-electron chi connectivity index (χ2n) is 10.1. The van der Waals surface area contributed by atoms with Crippen molar-refractivity contribution in [3.8, 4) is 0 Å². The van der Waals surface area contributed by atoms with E-state index in [4.69, 9.17) is 9.47 Å². The number of carbonyl (C=O) groups is 2. The van der Waals surface area contributed by atoms with E-state index < -0.39 is 0 Å². The lowest BCUT2D eigenvalue weighted by Gasteiger charge is -2.03. The Morgan fingerprint density at radius 1 is 0.571 bits per heavy atom. The molecule has 0 fully saturated rings. The van der Waals surface area contributed by atoms with Crippen LogP contribution in [-0.2, 0) is 22.7 Å². The fraction of sp³-hybridized carbons (Fsp3) is 0.250. The van der Waals surface area contributed by atoms with Gasteiger partial charge in [0.2, 0.25) is 0 Å². The number of ether oxygens (including phenoxy) is 2. The summed E-state index contributed by atoms with van der Waals surface area (Å²) in [5, 5.41) is 13.1. The first-order chi connectivity index (χ1) is 20.5. The van der Waals surface area contributed by atoms with Gasteiger partial charge < -0.3 is 20.1 Å². The highest BCUT2D eigenvalue weighted by Crippen LogP contribution is 2.49. The fourth-order valence-corrected chi connectivity index (χ4v) is 9.64. The molecule has 10 heteroatoms. The van der Waals surface area contributed by atoms with Crippen molar-refractivity contribution in [2.45, 2.75) is 39.9 Å². The summed E-state index contributed by atoms with van der Waals surface area (Å²) in [5.41, 5.74) is 0. The van der Waals surface area contributed by atoms with Gasteiger partial charge in [0.1, 0.15) is 13.2 Å². The Morgan fingerprint density at radius 2 is 0.952 bits per heavy atom. The number of hydrogen-bond acceptors (Lipinski definition) is 8. The van der Waals surface area contributed by atoms with Gasteiger partial charge in [0.05, 0.1) is 0 Å². The van der Waals surface area contributed by atoms with E-state index in [9.17, 15) is 9.59 Å². The van der Waals surface area contributed by atoms with E-state index in [1.54, 1.807) is 22.7 Å². The lowest BCUT2D eigenvalue weighted by molar-refractivity contribution is 0.140. The zero-order valence-electron chi connectivity index (χ0n) is 23.1. The number of carbonyl (C=O) groups excluding carboxylic acids is 2. The second-order valence-corrected chi connectivity index (χ2v) is 14.7. The molecule has 2 amide bonds. The van der Waals surface area contributed by atoms with Crippen molar-refractivity contribution < 1.29 is 19.1 Å². The van der Waals surface area contributed by atoms with Crippen LogP contribution in [0.5, 0.6) is 0 Å². The summed E-state index contributed by atoms with van der Waals surface area (Å²) in [5.74, 6) is 0. The number of alkyl carbamates (subject to hydrolysis) is 2. The number of hydrogen-bond donors (Lipinski definition) is 2. The first-order valence-corrected chi connectivity index (χ1v) is 17.3. The van der Waals surface area contributed by atoms with Gasteiger partial charge in [-0.05, 0) is 61.4 Å². The molecule has 2 N–H and O–H groups in total. The summed E-state index contributed by atoms with van der Waals surface area (Å²) in [6, 6.07) is 17.7. The quantitative estimate of drug-likeness (QED) is 0.175. The summed E-state index contributed by atoms with van der Waals surface area (Å²) in [6.45, 7) is 5.76. The average molecular weight is 633 g/mol. The monoisotopic (exact) mass is 632 g/mol. The molecule has 0 atom stereocenters. The van der Waals surface area contributed by atoms with Gasteiger partial charge in [-0.15, -0.1) is 45.3 Å². The number of fused-ring (bicyclic) bond motifs is 11. The van der Waals surface area contributed by atoms with Crippen LogP contribution < -0.4 is 10.6 Å². The van der Waals surface area contributed by atoms with Crippen molar-refractivity contribution >= 4 is 118 Å². The third-order valence-electron chi connectivity index (χ3n) is 7.23. The van der Waals surface area contributed by atoms with E-state index in [0.717, 1.165) is 22.6 Å². The first kappa shape index (κ1) is 27.4. The lowest BCUT2D eigenvalue weighted by Crippen LogP contribution is -2.24. The molecule has 0 spiro atoms. The third kappa shape index (κ3) is 4.86. The van der Waals surface area contributed by atoms with Crippen molar-refractivity contribution in [3.63, 3.8) is 0 Å². The average Bonchev–Trinajstić information content (AvgIpc) is 3.76. The van der Waals surface area contributed by atoms with Crippen molar-refractivity contribution in [1.82, 2.24) is 10.6 Å². The smallest absolute Gasteiger partial charge is 0.407 e. The second kappa shape index (κ2) is 11.3. The molecule has 0 saturated carbocycles. The minimum atomic E-state index is -0.377. The maximum absolute atomic E-state index is 12.0. The Labute approximate surface area is 257 Å². The van der Waals surface area contributed by atoms with Gasteiger partial charge in [-0.3, -0.25) is 0 Å². The van der Waals surface area contributed by atoms with E-state index in [-0.39, 0.29) is 25.4 Å². The van der Waals surface area contributed by atoms with Gasteiger partial charge in [-0.1, -0.05) is 13.8 Å². The molecule has 0 unspecified atom stereocenters. The Hall–Kier alpha value is -3.44. The Bertz CT molecular complexity index is 1980. The molecule has 7 aromatic rings. The van der Waals surface area contributed by atoms with Crippen molar-refractivity contribution in [2.24, 2.45) is 0 Å². The lowest BCUT2D eigenvalue weighted by atomic mass is 10.0. The van der Waals surface area contributed by atoms with Gasteiger partial charge in [-0.2, -0.15) is 0 Å². The Morgan fingerprint density at radius 3 is 1.36 bits per heavy atom. The molecule has 0 saturated heterocycles. The molecule has 3 aromatic carbocycles. The van der Waals surface area contributed by atoms with Crippen LogP contribution in [0, 0.1) is 0 Å². The summed E-state index contributed by atoms with van der Waals surface area (Å²) in [7, 11) is 0. The molecule has 42 heavy (non-hydrogen) atoms. The summed E-state index contributed by atoms with van der Waals surface area (Å²) < 4.78 is 18.4.